The van der Waals surface area contributed by atoms with Crippen molar-refractivity contribution in [2.45, 2.75) is 0 Å². The van der Waals surface area contributed by atoms with Crippen LogP contribution < -0.4 is 11.3 Å². The zero-order valence-electron chi connectivity index (χ0n) is 2.15. The molecule has 4 heteroatoms. The summed E-state index contributed by atoms with van der Waals surface area (Å²) in [6.45, 7) is 0. The lowest BCUT2D eigenvalue weighted by Gasteiger charge is -1.28. The zero-order valence-corrected chi connectivity index (χ0v) is 2.15. The van der Waals surface area contributed by atoms with Gasteiger partial charge in [0, 0.05) is 7.98 Å². The van der Waals surface area contributed by atoms with Gasteiger partial charge in [-0.1, -0.05) is 0 Å². The smallest absolute Gasteiger partial charge is 0.178 e. The van der Waals surface area contributed by atoms with Gasteiger partial charge < -0.3 is 11.3 Å². The summed E-state index contributed by atoms with van der Waals surface area (Å²) in [7, 11) is 1.75. The van der Waals surface area contributed by atoms with Gasteiger partial charge in [-0.2, -0.15) is 0 Å². The highest BCUT2D eigenvalue weighted by Gasteiger charge is 0.939. The quantitative estimate of drug-likeness (QED) is 0.287. The van der Waals surface area contributed by atoms with E-state index in [1.54, 1.807) is 0 Å². The molecule has 0 aromatic rings. The monoisotopic (exact) mass is 59.1 g/mol. The van der Waals surface area contributed by atoms with Gasteiger partial charge in [-0.05, 0) is 0 Å². The highest BCUT2D eigenvalue weighted by Crippen LogP contribution is 0.352. The average Bonchev–Trinajstić information content (AvgIpc) is 1.50. The van der Waals surface area contributed by atoms with Crippen LogP contribution in [-0.2, 0) is 0 Å². The Hall–Kier alpha value is 0.0499. The van der Waals surface area contributed by atoms with Crippen LogP contribution >= 0.6 is 0 Å². The Kier molecular flexibility index (Phi) is 11500. The molecule has 0 bridgehead atoms. The molecule has 0 unspecified atom stereocenters. The first-order valence-corrected chi connectivity index (χ1v) is 0.577. The SMILES string of the molecule is BN.[BH3-]N. The van der Waals surface area contributed by atoms with Gasteiger partial charge in [0.2, 0.25) is 0 Å². The van der Waals surface area contributed by atoms with E-state index in [2.05, 4.69) is 5.64 Å². The highest BCUT2D eigenvalue weighted by molar-refractivity contribution is 6.02. The van der Waals surface area contributed by atoms with Crippen molar-refractivity contribution < 1.29 is 0 Å². The molecule has 0 spiro atoms. The summed E-state index contributed by atoms with van der Waals surface area (Å²) in [5, 5.41) is 0. The zero-order chi connectivity index (χ0) is 4.00. The normalized spacial score (nSPS) is 2.75. The lowest BCUT2D eigenvalue weighted by Crippen LogP contribution is -1.75. The van der Waals surface area contributed by atoms with Crippen LogP contribution in [0.3, 0.4) is 0 Å². The van der Waals surface area contributed by atoms with Crippen LogP contribution in [0.25, 0.3) is 0 Å². The van der Waals surface area contributed by atoms with Crippen molar-refractivity contribution in [1.82, 2.24) is 0 Å². The van der Waals surface area contributed by atoms with Crippen molar-refractivity contribution in [3.05, 3.63) is 0 Å². The third-order valence-corrected chi connectivity index (χ3v) is 0. The van der Waals surface area contributed by atoms with Crippen molar-refractivity contribution in [2.75, 3.05) is 0 Å². The Morgan fingerprint density at radius 2 is 1.25 bits per heavy atom. The highest BCUT2D eigenvalue weighted by atomic mass is 14.3. The maximum Gasteiger partial charge on any atom is 0.178 e. The van der Waals surface area contributed by atoms with E-state index in [1.165, 1.54) is 7.98 Å². The summed E-state index contributed by atoms with van der Waals surface area (Å²) >= 11 is 0. The number of hydrogen-bond donors (Lipinski definition) is 2. The van der Waals surface area contributed by atoms with Gasteiger partial charge >= 0.3 is 0 Å². The second-order valence-corrected chi connectivity index (χ2v) is 0. The van der Waals surface area contributed by atoms with Crippen LogP contribution in [0.1, 0.15) is 0 Å². The molecule has 26 valence electrons. The number of rotatable bonds is 0. The Labute approximate surface area is 28.4 Å². The summed E-state index contributed by atoms with van der Waals surface area (Å²) in [5.74, 6) is 0. The fourth-order valence-electron chi connectivity index (χ4n) is 0. The largest absolute Gasteiger partial charge is 0.510 e. The number of hydrogen-bond acceptors (Lipinski definition) is 2. The van der Waals surface area contributed by atoms with E-state index in [0.717, 1.165) is 0 Å². The van der Waals surface area contributed by atoms with Crippen LogP contribution in [0.15, 0.2) is 0 Å². The molecule has 4 heavy (non-hydrogen) atoms. The standard InChI is InChI=1S/BH5N.BH4N/c2*1-2/h2H2,1H3;1-2H2/q-1;. The van der Waals surface area contributed by atoms with Crippen LogP contribution in [0, 0.1) is 0 Å². The summed E-state index contributed by atoms with van der Waals surface area (Å²) < 4.78 is 0. The van der Waals surface area contributed by atoms with E-state index in [-0.39, 0.29) is 7.98 Å². The summed E-state index contributed by atoms with van der Waals surface area (Å²) in [6.07, 6.45) is 0. The van der Waals surface area contributed by atoms with E-state index >= 15 is 0 Å². The van der Waals surface area contributed by atoms with Crippen molar-refractivity contribution in [1.29, 1.82) is 0 Å². The van der Waals surface area contributed by atoms with Crippen molar-refractivity contribution in [3.63, 3.8) is 0 Å². The molecular weight excluding hydrogens is 49.6 g/mol. The molecule has 0 aromatic carbocycles. The minimum atomic E-state index is 0.250. The Morgan fingerprint density at radius 3 is 1.25 bits per heavy atom. The molecule has 0 radical (unpaired) electrons. The molecule has 0 rings (SSSR count). The average molecular weight is 58.7 g/mol. The van der Waals surface area contributed by atoms with E-state index < -0.39 is 0 Å². The second kappa shape index (κ2) is 5150. The molecule has 0 saturated heterocycles. The minimum Gasteiger partial charge on any atom is -0.510 e. The van der Waals surface area contributed by atoms with E-state index in [9.17, 15) is 0 Å². The molecule has 4 N–H and O–H groups in total. The van der Waals surface area contributed by atoms with Crippen LogP contribution in [0.5, 0.6) is 0 Å². The molecule has 0 aliphatic carbocycles. The molecule has 0 atom stereocenters. The first-order valence-electron chi connectivity index (χ1n) is 0.577. The van der Waals surface area contributed by atoms with Gasteiger partial charge in [-0.3, -0.25) is 0 Å². The minimum absolute atomic E-state index is 0.250. The van der Waals surface area contributed by atoms with Gasteiger partial charge in [0.25, 0.3) is 0 Å². The molecule has 0 saturated carbocycles. The Bertz CT molecular complexity index is 4.00. The predicted octanol–water partition coefficient (Wildman–Crippen LogP) is -3.28. The van der Waals surface area contributed by atoms with Gasteiger partial charge in [0.05, 0.1) is 0 Å². The van der Waals surface area contributed by atoms with Gasteiger partial charge in [-0.15, -0.1) is 0 Å². The maximum absolute atomic E-state index is 4.75. The molecule has 0 aliphatic heterocycles. The summed E-state index contributed by atoms with van der Waals surface area (Å²) in [6, 6.07) is 0. The van der Waals surface area contributed by atoms with Gasteiger partial charge in [-0.25, -0.2) is 0 Å². The Balaban J connectivity index is 0. The third kappa shape index (κ3) is 908. The molecule has 2 nitrogen and oxygen atoms in total. The topological polar surface area (TPSA) is 52.0 Å². The lowest BCUT2D eigenvalue weighted by atomic mass is 10.5. The van der Waals surface area contributed by atoms with Crippen molar-refractivity contribution >= 4 is 16.0 Å². The Morgan fingerprint density at radius 1 is 1.25 bits per heavy atom. The van der Waals surface area contributed by atoms with Crippen molar-refractivity contribution in [2.24, 2.45) is 11.3 Å². The van der Waals surface area contributed by atoms with E-state index in [0.29, 0.717) is 0 Å². The maximum atomic E-state index is 4.75. The third-order valence-electron chi connectivity index (χ3n) is 0. The first kappa shape index (κ1) is 8.97. The predicted molar refractivity (Wildman–Crippen MR) is 26.9 cm³/mol. The molecule has 0 fully saturated rings. The fraction of sp³-hybridized carbons (Fsp3) is 0. The van der Waals surface area contributed by atoms with Crippen LogP contribution in [0.2, 0.25) is 0 Å². The van der Waals surface area contributed by atoms with E-state index in [4.69, 9.17) is 5.64 Å². The summed E-state index contributed by atoms with van der Waals surface area (Å²) in [4.78, 5) is 0. The summed E-state index contributed by atoms with van der Waals surface area (Å²) in [5.41, 5.74) is 9.25. The van der Waals surface area contributed by atoms with Crippen LogP contribution in [0.4, 0.5) is 0 Å². The first-order chi connectivity index (χ1) is 2.00. The second-order valence-electron chi connectivity index (χ2n) is 0. The lowest BCUT2D eigenvalue weighted by molar-refractivity contribution is 2.00. The van der Waals surface area contributed by atoms with Crippen molar-refractivity contribution in [3.8, 4) is 0 Å². The number of nitrogens with two attached hydrogens (primary N) is 2. The van der Waals surface area contributed by atoms with Gasteiger partial charge in [0.15, 0.2) is 7.98 Å². The van der Waals surface area contributed by atoms with E-state index in [1.807, 2.05) is 0 Å². The molecule has 0 amide bonds. The van der Waals surface area contributed by atoms with Gasteiger partial charge in [0.1, 0.15) is 0 Å². The molecular formula is H9B2N2-. The molecule has 0 heterocycles. The fourth-order valence-corrected chi connectivity index (χ4v) is 0. The molecule has 0 aromatic heterocycles. The molecule has 0 aliphatic rings. The van der Waals surface area contributed by atoms with Crippen LogP contribution in [-0.4, -0.2) is 16.0 Å².